The fraction of sp³-hybridized carbons (Fsp3) is 0.875. The largest absolute Gasteiger partial charge is 0.481 e. The molecule has 1 atom stereocenters. The average Bonchev–Trinajstić information content (AvgIpc) is 2.04. The van der Waals surface area contributed by atoms with Crippen LogP contribution < -0.4 is 0 Å². The van der Waals surface area contributed by atoms with Crippen LogP contribution in [0.4, 0.5) is 0 Å². The van der Waals surface area contributed by atoms with Crippen LogP contribution in [0.1, 0.15) is 19.8 Å². The smallest absolute Gasteiger partial charge is 0.306 e. The van der Waals surface area contributed by atoms with Crippen molar-refractivity contribution in [2.24, 2.45) is 5.92 Å². The summed E-state index contributed by atoms with van der Waals surface area (Å²) >= 11 is 0. The first-order chi connectivity index (χ1) is 5.72. The van der Waals surface area contributed by atoms with Crippen LogP contribution in [0.3, 0.4) is 0 Å². The Morgan fingerprint density at radius 2 is 2.17 bits per heavy atom. The molecule has 4 nitrogen and oxygen atoms in total. The zero-order valence-corrected chi connectivity index (χ0v) is 7.32. The molecule has 0 bridgehead atoms. The lowest BCUT2D eigenvalue weighted by atomic mass is 10.0. The van der Waals surface area contributed by atoms with Crippen LogP contribution in [0.15, 0.2) is 0 Å². The minimum atomic E-state index is -0.773. The van der Waals surface area contributed by atoms with Gasteiger partial charge in [0.05, 0.1) is 19.1 Å². The zero-order valence-electron chi connectivity index (χ0n) is 7.32. The number of carbonyl (C=O) groups is 1. The lowest BCUT2D eigenvalue weighted by molar-refractivity contribution is -0.142. The summed E-state index contributed by atoms with van der Waals surface area (Å²) in [6.45, 7) is 2.52. The fourth-order valence-electron chi connectivity index (χ4n) is 0.894. The van der Waals surface area contributed by atoms with Crippen molar-refractivity contribution in [2.45, 2.75) is 19.8 Å². The van der Waals surface area contributed by atoms with Crippen LogP contribution >= 0.6 is 0 Å². The number of aliphatic carboxylic acids is 1. The van der Waals surface area contributed by atoms with Gasteiger partial charge in [0.25, 0.3) is 0 Å². The third-order valence-corrected chi connectivity index (χ3v) is 1.69. The Kier molecular flexibility index (Phi) is 6.70. The summed E-state index contributed by atoms with van der Waals surface area (Å²) in [5.41, 5.74) is 0. The molecule has 72 valence electrons. The van der Waals surface area contributed by atoms with E-state index in [1.165, 1.54) is 0 Å². The number of carboxylic acids is 1. The molecule has 4 heteroatoms. The first-order valence-corrected chi connectivity index (χ1v) is 4.13. The molecule has 0 aromatic rings. The van der Waals surface area contributed by atoms with Gasteiger partial charge in [-0.05, 0) is 12.8 Å². The van der Waals surface area contributed by atoms with E-state index >= 15 is 0 Å². The number of aliphatic hydroxyl groups excluding tert-OH is 1. The molecule has 0 saturated heterocycles. The summed E-state index contributed by atoms with van der Waals surface area (Å²) < 4.78 is 4.95. The Morgan fingerprint density at radius 3 is 2.58 bits per heavy atom. The van der Waals surface area contributed by atoms with E-state index in [0.29, 0.717) is 19.4 Å². The zero-order chi connectivity index (χ0) is 9.40. The van der Waals surface area contributed by atoms with E-state index in [2.05, 4.69) is 0 Å². The van der Waals surface area contributed by atoms with Gasteiger partial charge in [0.1, 0.15) is 0 Å². The van der Waals surface area contributed by atoms with Crippen LogP contribution in [0, 0.1) is 5.92 Å². The van der Waals surface area contributed by atoms with Crippen molar-refractivity contribution < 1.29 is 19.7 Å². The van der Waals surface area contributed by atoms with Crippen molar-refractivity contribution >= 4 is 5.97 Å². The molecule has 0 aliphatic rings. The van der Waals surface area contributed by atoms with E-state index < -0.39 is 5.97 Å². The molecule has 1 unspecified atom stereocenters. The first kappa shape index (κ1) is 11.4. The molecular formula is C8H16O4. The Hall–Kier alpha value is -0.610. The molecule has 12 heavy (non-hydrogen) atoms. The van der Waals surface area contributed by atoms with Crippen LogP contribution in [0.25, 0.3) is 0 Å². The number of hydrogen-bond donors (Lipinski definition) is 2. The molecule has 0 aliphatic heterocycles. The van der Waals surface area contributed by atoms with Crippen molar-refractivity contribution in [1.82, 2.24) is 0 Å². The van der Waals surface area contributed by atoms with E-state index in [0.717, 1.165) is 0 Å². The topological polar surface area (TPSA) is 66.8 Å². The second kappa shape index (κ2) is 7.06. The Morgan fingerprint density at radius 1 is 1.50 bits per heavy atom. The summed E-state index contributed by atoms with van der Waals surface area (Å²) in [6, 6.07) is 0. The van der Waals surface area contributed by atoms with Crippen molar-refractivity contribution in [3.05, 3.63) is 0 Å². The standard InChI is InChI=1S/C8H16O4/c1-2-7(8(10)11)3-5-12-6-4-9/h7,9H,2-6H2,1H3,(H,10,11). The molecule has 0 aromatic heterocycles. The van der Waals surface area contributed by atoms with Gasteiger partial charge in [-0.3, -0.25) is 4.79 Å². The third-order valence-electron chi connectivity index (χ3n) is 1.69. The lowest BCUT2D eigenvalue weighted by Gasteiger charge is -2.08. The predicted molar refractivity (Wildman–Crippen MR) is 43.9 cm³/mol. The van der Waals surface area contributed by atoms with Crippen LogP contribution in [0.5, 0.6) is 0 Å². The highest BCUT2D eigenvalue weighted by Gasteiger charge is 2.13. The summed E-state index contributed by atoms with van der Waals surface area (Å²) in [5, 5.41) is 17.0. The van der Waals surface area contributed by atoms with E-state index in [1.54, 1.807) is 0 Å². The van der Waals surface area contributed by atoms with Crippen molar-refractivity contribution in [3.8, 4) is 0 Å². The highest BCUT2D eigenvalue weighted by atomic mass is 16.5. The number of ether oxygens (including phenoxy) is 1. The van der Waals surface area contributed by atoms with Crippen molar-refractivity contribution in [2.75, 3.05) is 19.8 Å². The first-order valence-electron chi connectivity index (χ1n) is 4.13. The second-order valence-electron chi connectivity index (χ2n) is 2.57. The second-order valence-corrected chi connectivity index (χ2v) is 2.57. The molecule has 0 radical (unpaired) electrons. The highest BCUT2D eigenvalue weighted by molar-refractivity contribution is 5.69. The molecule has 0 amide bonds. The van der Waals surface area contributed by atoms with Crippen molar-refractivity contribution in [3.63, 3.8) is 0 Å². The minimum Gasteiger partial charge on any atom is -0.481 e. The molecule has 0 heterocycles. The predicted octanol–water partition coefficient (Wildman–Crippen LogP) is 0.496. The molecule has 0 aliphatic carbocycles. The highest BCUT2D eigenvalue weighted by Crippen LogP contribution is 2.07. The van der Waals surface area contributed by atoms with E-state index in [1.807, 2.05) is 6.92 Å². The molecule has 0 fully saturated rings. The molecule has 0 spiro atoms. The molecule has 0 rings (SSSR count). The summed E-state index contributed by atoms with van der Waals surface area (Å²) in [7, 11) is 0. The normalized spacial score (nSPS) is 12.8. The molecule has 0 aromatic carbocycles. The van der Waals surface area contributed by atoms with Gasteiger partial charge in [-0.2, -0.15) is 0 Å². The number of carboxylic acid groups (broad SMARTS) is 1. The van der Waals surface area contributed by atoms with E-state index in [9.17, 15) is 4.79 Å². The van der Waals surface area contributed by atoms with Gasteiger partial charge in [0, 0.05) is 6.61 Å². The summed E-state index contributed by atoms with van der Waals surface area (Å²) in [5.74, 6) is -1.09. The van der Waals surface area contributed by atoms with Gasteiger partial charge in [-0.15, -0.1) is 0 Å². The van der Waals surface area contributed by atoms with Gasteiger partial charge in [-0.25, -0.2) is 0 Å². The van der Waals surface area contributed by atoms with Crippen LogP contribution in [-0.4, -0.2) is 36.0 Å². The lowest BCUT2D eigenvalue weighted by Crippen LogP contribution is -2.15. The van der Waals surface area contributed by atoms with E-state index in [4.69, 9.17) is 14.9 Å². The minimum absolute atomic E-state index is 0.0101. The monoisotopic (exact) mass is 176 g/mol. The van der Waals surface area contributed by atoms with E-state index in [-0.39, 0.29) is 19.1 Å². The van der Waals surface area contributed by atoms with Gasteiger partial charge >= 0.3 is 5.97 Å². The SMILES string of the molecule is CCC(CCOCCO)C(=O)O. The van der Waals surface area contributed by atoms with Gasteiger partial charge in [-0.1, -0.05) is 6.92 Å². The van der Waals surface area contributed by atoms with Crippen LogP contribution in [-0.2, 0) is 9.53 Å². The summed E-state index contributed by atoms with van der Waals surface area (Å²) in [4.78, 5) is 10.5. The number of aliphatic hydroxyl groups is 1. The maximum absolute atomic E-state index is 10.5. The Balaban J connectivity index is 3.38. The number of rotatable bonds is 7. The third kappa shape index (κ3) is 5.09. The molecular weight excluding hydrogens is 160 g/mol. The molecule has 0 saturated carbocycles. The van der Waals surface area contributed by atoms with Gasteiger partial charge in [0.2, 0.25) is 0 Å². The quantitative estimate of drug-likeness (QED) is 0.554. The van der Waals surface area contributed by atoms with Crippen molar-refractivity contribution in [1.29, 1.82) is 0 Å². The maximum atomic E-state index is 10.5. The fourth-order valence-corrected chi connectivity index (χ4v) is 0.894. The summed E-state index contributed by atoms with van der Waals surface area (Å²) in [6.07, 6.45) is 1.14. The average molecular weight is 176 g/mol. The van der Waals surface area contributed by atoms with Gasteiger partial charge < -0.3 is 14.9 Å². The Bertz CT molecular complexity index is 124. The van der Waals surface area contributed by atoms with Crippen LogP contribution in [0.2, 0.25) is 0 Å². The van der Waals surface area contributed by atoms with Gasteiger partial charge in [0.15, 0.2) is 0 Å². The Labute approximate surface area is 72.2 Å². The molecule has 2 N–H and O–H groups in total. The maximum Gasteiger partial charge on any atom is 0.306 e. The number of hydrogen-bond acceptors (Lipinski definition) is 3.